The van der Waals surface area contributed by atoms with Gasteiger partial charge in [-0.05, 0) is 35.7 Å². The Kier molecular flexibility index (Phi) is 4.88. The first-order valence-corrected chi connectivity index (χ1v) is 11.7. The second-order valence-corrected chi connectivity index (χ2v) is 9.12. The number of amides is 2. The minimum Gasteiger partial charge on any atom is -0.274 e. The number of aromatic nitrogens is 1. The van der Waals surface area contributed by atoms with Crippen LogP contribution >= 0.6 is 0 Å². The number of hydrogen-bond acceptors (Lipinski definition) is 3. The molecule has 1 aliphatic heterocycles. The van der Waals surface area contributed by atoms with Crippen molar-refractivity contribution < 1.29 is 9.59 Å². The van der Waals surface area contributed by atoms with Gasteiger partial charge in [0.2, 0.25) is 11.8 Å². The van der Waals surface area contributed by atoms with Crippen LogP contribution in [-0.4, -0.2) is 16.8 Å². The van der Waals surface area contributed by atoms with E-state index in [-0.39, 0.29) is 23.7 Å². The minimum atomic E-state index is -0.467. The minimum absolute atomic E-state index is 0.148. The number of fused-ring (bicyclic) bond motifs is 2. The standard InChI is InChI=1S/C30H24N2O2/c1-19-17-18-31-28-22(19)13-8-14-25(28)32-29(33)26-23(20-9-4-2-5-10-20)15-16-24(27(26)30(32)34)21-11-6-3-7-12-21/h2-18,23-24,26-27H,1H3/t23-,24+,26-,27-/m1/s1. The van der Waals surface area contributed by atoms with Crippen molar-refractivity contribution in [1.29, 1.82) is 0 Å². The van der Waals surface area contributed by atoms with E-state index in [2.05, 4.69) is 17.1 Å². The van der Waals surface area contributed by atoms with Crippen LogP contribution in [0.1, 0.15) is 28.5 Å². The highest BCUT2D eigenvalue weighted by molar-refractivity contribution is 6.25. The number of hydrogen-bond donors (Lipinski definition) is 0. The number of aryl methyl sites for hydroxylation is 1. The largest absolute Gasteiger partial charge is 0.274 e. The zero-order valence-electron chi connectivity index (χ0n) is 18.8. The third-order valence-electron chi connectivity index (χ3n) is 7.28. The molecule has 0 spiro atoms. The first-order chi connectivity index (χ1) is 16.6. The zero-order valence-corrected chi connectivity index (χ0v) is 18.8. The molecule has 4 heteroatoms. The fourth-order valence-electron chi connectivity index (χ4n) is 5.65. The average Bonchev–Trinajstić information content (AvgIpc) is 3.15. The third-order valence-corrected chi connectivity index (χ3v) is 7.28. The molecule has 0 bridgehead atoms. The molecule has 1 aliphatic carbocycles. The Morgan fingerprint density at radius 3 is 1.79 bits per heavy atom. The molecule has 0 unspecified atom stereocenters. The molecular weight excluding hydrogens is 420 g/mol. The highest BCUT2D eigenvalue weighted by atomic mass is 16.2. The average molecular weight is 445 g/mol. The lowest BCUT2D eigenvalue weighted by molar-refractivity contribution is -0.122. The summed E-state index contributed by atoms with van der Waals surface area (Å²) >= 11 is 0. The van der Waals surface area contributed by atoms with Crippen molar-refractivity contribution in [2.75, 3.05) is 4.90 Å². The van der Waals surface area contributed by atoms with Crippen LogP contribution in [0.5, 0.6) is 0 Å². The lowest BCUT2D eigenvalue weighted by Crippen LogP contribution is -2.32. The highest BCUT2D eigenvalue weighted by Gasteiger charge is 2.55. The molecule has 0 saturated carbocycles. The Labute approximate surface area is 198 Å². The maximum absolute atomic E-state index is 14.1. The maximum atomic E-state index is 14.1. The van der Waals surface area contributed by atoms with Gasteiger partial charge in [-0.25, -0.2) is 4.90 Å². The van der Waals surface area contributed by atoms with Gasteiger partial charge in [0.25, 0.3) is 0 Å². The van der Waals surface area contributed by atoms with Crippen LogP contribution in [0, 0.1) is 18.8 Å². The molecule has 2 aliphatic rings. The van der Waals surface area contributed by atoms with E-state index in [1.807, 2.05) is 91.9 Å². The van der Waals surface area contributed by atoms with Crippen LogP contribution in [0.4, 0.5) is 5.69 Å². The topological polar surface area (TPSA) is 50.3 Å². The van der Waals surface area contributed by atoms with Gasteiger partial charge in [-0.15, -0.1) is 0 Å². The molecule has 1 fully saturated rings. The van der Waals surface area contributed by atoms with E-state index < -0.39 is 11.8 Å². The number of pyridine rings is 1. The van der Waals surface area contributed by atoms with Gasteiger partial charge in [0, 0.05) is 23.4 Å². The van der Waals surface area contributed by atoms with Gasteiger partial charge in [-0.2, -0.15) is 0 Å². The molecule has 2 amide bonds. The molecule has 166 valence electrons. The van der Waals surface area contributed by atoms with Crippen molar-refractivity contribution >= 4 is 28.4 Å². The van der Waals surface area contributed by atoms with Gasteiger partial charge in [0.15, 0.2) is 0 Å². The summed E-state index contributed by atoms with van der Waals surface area (Å²) in [6.45, 7) is 2.02. The maximum Gasteiger partial charge on any atom is 0.238 e. The van der Waals surface area contributed by atoms with Crippen LogP contribution in [0.2, 0.25) is 0 Å². The van der Waals surface area contributed by atoms with Gasteiger partial charge in [0.05, 0.1) is 23.0 Å². The first-order valence-electron chi connectivity index (χ1n) is 11.7. The van der Waals surface area contributed by atoms with Crippen molar-refractivity contribution in [2.24, 2.45) is 11.8 Å². The van der Waals surface area contributed by atoms with E-state index in [9.17, 15) is 9.59 Å². The van der Waals surface area contributed by atoms with Gasteiger partial charge >= 0.3 is 0 Å². The van der Waals surface area contributed by atoms with E-state index in [0.717, 1.165) is 22.1 Å². The number of para-hydroxylation sites is 1. The van der Waals surface area contributed by atoms with Crippen molar-refractivity contribution in [3.8, 4) is 0 Å². The molecular formula is C30H24N2O2. The predicted octanol–water partition coefficient (Wildman–Crippen LogP) is 5.79. The van der Waals surface area contributed by atoms with Gasteiger partial charge in [0.1, 0.15) is 0 Å². The fourth-order valence-corrected chi connectivity index (χ4v) is 5.65. The SMILES string of the molecule is Cc1ccnc2c(N3C(=O)[C@H]4[C@H](C3=O)[C@H](c3ccccc3)C=C[C@@H]4c3ccccc3)cccc12. The second kappa shape index (κ2) is 8.07. The quantitative estimate of drug-likeness (QED) is 0.297. The van der Waals surface area contributed by atoms with E-state index in [4.69, 9.17) is 0 Å². The summed E-state index contributed by atoms with van der Waals surface area (Å²) < 4.78 is 0. The number of benzene rings is 3. The lowest BCUT2D eigenvalue weighted by Gasteiger charge is -2.32. The Bertz CT molecular complexity index is 1360. The summed E-state index contributed by atoms with van der Waals surface area (Å²) in [5.74, 6) is -1.54. The Hall–Kier alpha value is -4.05. The lowest BCUT2D eigenvalue weighted by atomic mass is 9.68. The summed E-state index contributed by atoms with van der Waals surface area (Å²) in [7, 11) is 0. The van der Waals surface area contributed by atoms with Crippen LogP contribution in [-0.2, 0) is 9.59 Å². The summed E-state index contributed by atoms with van der Waals surface area (Å²) in [4.78, 5) is 34.1. The summed E-state index contributed by atoms with van der Waals surface area (Å²) in [5.41, 5.74) is 4.42. The Balaban J connectivity index is 1.52. The number of carbonyl (C=O) groups excluding carboxylic acids is 2. The van der Waals surface area contributed by atoms with E-state index in [0.29, 0.717) is 11.2 Å². The monoisotopic (exact) mass is 444 g/mol. The van der Waals surface area contributed by atoms with Crippen molar-refractivity contribution in [2.45, 2.75) is 18.8 Å². The van der Waals surface area contributed by atoms with Gasteiger partial charge in [-0.3, -0.25) is 14.6 Å². The first kappa shape index (κ1) is 20.5. The molecule has 4 atom stereocenters. The smallest absolute Gasteiger partial charge is 0.238 e. The second-order valence-electron chi connectivity index (χ2n) is 9.12. The van der Waals surface area contributed by atoms with Crippen LogP contribution in [0.25, 0.3) is 10.9 Å². The van der Waals surface area contributed by atoms with Gasteiger partial charge in [-0.1, -0.05) is 84.9 Å². The Morgan fingerprint density at radius 1 is 0.676 bits per heavy atom. The fraction of sp³-hybridized carbons (Fsp3) is 0.167. The summed E-state index contributed by atoms with van der Waals surface area (Å²) in [6, 6.07) is 27.7. The third kappa shape index (κ3) is 3.10. The van der Waals surface area contributed by atoms with Crippen molar-refractivity contribution in [3.63, 3.8) is 0 Å². The molecule has 6 rings (SSSR count). The molecule has 1 aromatic heterocycles. The predicted molar refractivity (Wildman–Crippen MR) is 133 cm³/mol. The molecule has 1 saturated heterocycles. The molecule has 4 aromatic rings. The van der Waals surface area contributed by atoms with E-state index in [1.165, 1.54) is 4.90 Å². The van der Waals surface area contributed by atoms with E-state index in [1.54, 1.807) is 6.20 Å². The van der Waals surface area contributed by atoms with E-state index >= 15 is 0 Å². The molecule has 0 N–H and O–H groups in total. The summed E-state index contributed by atoms with van der Waals surface area (Å²) in [5, 5.41) is 0.952. The van der Waals surface area contributed by atoms with Crippen LogP contribution in [0.15, 0.2) is 103 Å². The van der Waals surface area contributed by atoms with Crippen molar-refractivity contribution in [3.05, 3.63) is 120 Å². The summed E-state index contributed by atoms with van der Waals surface area (Å²) in [6.07, 6.45) is 5.98. The molecule has 3 aromatic carbocycles. The number of allylic oxidation sites excluding steroid dienone is 2. The molecule has 4 nitrogen and oxygen atoms in total. The number of carbonyl (C=O) groups is 2. The van der Waals surface area contributed by atoms with Crippen molar-refractivity contribution in [1.82, 2.24) is 4.98 Å². The zero-order chi connectivity index (χ0) is 23.2. The highest BCUT2D eigenvalue weighted by Crippen LogP contribution is 2.50. The molecule has 0 radical (unpaired) electrons. The van der Waals surface area contributed by atoms with Crippen LogP contribution in [0.3, 0.4) is 0 Å². The van der Waals surface area contributed by atoms with Crippen LogP contribution < -0.4 is 4.90 Å². The normalized spacial score (nSPS) is 24.0. The number of imide groups is 1. The molecule has 34 heavy (non-hydrogen) atoms. The Morgan fingerprint density at radius 2 is 1.24 bits per heavy atom. The number of anilines is 1. The number of rotatable bonds is 3. The molecule has 2 heterocycles. The van der Waals surface area contributed by atoms with Gasteiger partial charge < -0.3 is 0 Å². The number of nitrogens with zero attached hydrogens (tertiary/aromatic N) is 2.